The number of rotatable bonds is 16. The number of alkyl halides is 1. The number of halogens is 1. The quantitative estimate of drug-likeness (QED) is 0.0525. The molecule has 0 spiro atoms. The summed E-state index contributed by atoms with van der Waals surface area (Å²) < 4.78 is 2.07. The van der Waals surface area contributed by atoms with Crippen molar-refractivity contribution in [2.75, 3.05) is 56.7 Å². The molecule has 0 aliphatic carbocycles. The third-order valence-corrected chi connectivity index (χ3v) is 10.1. The molecule has 5 N–H and O–H groups in total. The van der Waals surface area contributed by atoms with E-state index < -0.39 is 0 Å². The minimum atomic E-state index is -0.218. The van der Waals surface area contributed by atoms with Crippen LogP contribution >= 0.6 is 37.5 Å². The van der Waals surface area contributed by atoms with Crippen molar-refractivity contribution in [2.24, 2.45) is 5.41 Å². The zero-order chi connectivity index (χ0) is 31.8. The molecule has 1 heterocycles. The number of benzene rings is 1. The van der Waals surface area contributed by atoms with Crippen LogP contribution in [0.25, 0.3) is 5.32 Å². The van der Waals surface area contributed by atoms with Crippen LogP contribution in [0.2, 0.25) is 0 Å². The second-order valence-corrected chi connectivity index (χ2v) is 13.8. The molecule has 7 nitrogen and oxygen atoms in total. The van der Waals surface area contributed by atoms with E-state index in [1.807, 2.05) is 47.7 Å². The number of quaternary nitrogens is 1. The van der Waals surface area contributed by atoms with E-state index in [1.165, 1.54) is 0 Å². The summed E-state index contributed by atoms with van der Waals surface area (Å²) in [5, 5.41) is 28.5. The molecule has 0 bridgehead atoms. The van der Waals surface area contributed by atoms with Gasteiger partial charge in [-0.2, -0.15) is 0 Å². The fraction of sp³-hybridized carbons (Fsp3) is 0.562. The van der Waals surface area contributed by atoms with Crippen molar-refractivity contribution in [2.45, 2.75) is 53.4 Å². The molecule has 0 unspecified atom stereocenters. The zero-order valence-corrected chi connectivity index (χ0v) is 33.8. The van der Waals surface area contributed by atoms with Crippen LogP contribution in [0.1, 0.15) is 63.9 Å². The summed E-state index contributed by atoms with van der Waals surface area (Å²) in [5.41, 5.74) is 5.65. The Bertz CT molecular complexity index is 1120. The maximum Gasteiger partial charge on any atom is 1.00 e. The maximum atomic E-state index is 12.8. The normalized spacial score (nSPS) is 16.5. The number of β-amino-alcohol motifs (C(OH)–C–C–N with tert-alkyl or cyclic N) is 1. The number of hydrogen-bond donors (Lipinski definition) is 4. The predicted octanol–water partition coefficient (Wildman–Crippen LogP) is 2.52. The van der Waals surface area contributed by atoms with Crippen molar-refractivity contribution in [1.29, 1.82) is 0 Å². The molecular weight excluding hydrogens is 672 g/mol. The number of nitrogens with one attached hydrogen (secondary N) is 1. The Balaban J connectivity index is 0.00000575. The van der Waals surface area contributed by atoms with Crippen molar-refractivity contribution in [3.05, 3.63) is 70.8 Å². The molecule has 0 saturated carbocycles. The van der Waals surface area contributed by atoms with Gasteiger partial charge in [-0.15, -0.1) is 12.2 Å². The number of carbonyl (C=O) groups excluding carboxylic acids is 1. The Hall–Kier alpha value is 0.0764. The van der Waals surface area contributed by atoms with Gasteiger partial charge in [-0.3, -0.25) is 4.79 Å². The Morgan fingerprint density at radius 1 is 1.19 bits per heavy atom. The molecule has 1 amide bonds. The Labute approximate surface area is 319 Å². The van der Waals surface area contributed by atoms with E-state index in [0.717, 1.165) is 46.2 Å². The van der Waals surface area contributed by atoms with Crippen molar-refractivity contribution in [3.63, 3.8) is 0 Å². The SMILES string of the molecule is C=C1/C=C([N-]CCSSCCNC(=O)c2ccc([NH2+]CCO)c(C(C)(C)CC)c2)\C=C/[N+](CCO)=C(C)C1(C)C.CBr.[K+]. The molecule has 236 valence electrons. The first kappa shape index (κ1) is 43.1. The maximum absolute atomic E-state index is 12.8. The topological polar surface area (TPSA) is 103 Å². The second-order valence-electron chi connectivity index (χ2n) is 11.1. The summed E-state index contributed by atoms with van der Waals surface area (Å²) in [6.45, 7) is 19.8. The summed E-state index contributed by atoms with van der Waals surface area (Å²) in [7, 11) is 3.49. The van der Waals surface area contributed by atoms with Gasteiger partial charge in [-0.1, -0.05) is 70.9 Å². The number of aliphatic hydroxyl groups is 2. The molecule has 1 aromatic carbocycles. The van der Waals surface area contributed by atoms with Crippen LogP contribution in [0.5, 0.6) is 0 Å². The van der Waals surface area contributed by atoms with E-state index >= 15 is 0 Å². The third kappa shape index (κ3) is 14.2. The van der Waals surface area contributed by atoms with Gasteiger partial charge in [0.25, 0.3) is 5.91 Å². The van der Waals surface area contributed by atoms with Gasteiger partial charge in [-0.05, 0) is 61.1 Å². The fourth-order valence-corrected chi connectivity index (χ4v) is 6.00. The molecule has 43 heavy (non-hydrogen) atoms. The van der Waals surface area contributed by atoms with Crippen LogP contribution in [-0.4, -0.2) is 83.1 Å². The first-order valence-electron chi connectivity index (χ1n) is 14.4. The molecule has 0 fully saturated rings. The van der Waals surface area contributed by atoms with Gasteiger partial charge >= 0.3 is 51.4 Å². The van der Waals surface area contributed by atoms with Gasteiger partial charge in [0.1, 0.15) is 18.8 Å². The van der Waals surface area contributed by atoms with Gasteiger partial charge in [0, 0.05) is 36.4 Å². The fourth-order valence-electron chi connectivity index (χ4n) is 4.24. The van der Waals surface area contributed by atoms with E-state index in [4.69, 9.17) is 5.32 Å². The first-order valence-corrected chi connectivity index (χ1v) is 18.5. The molecule has 11 heteroatoms. The van der Waals surface area contributed by atoms with Crippen LogP contribution in [0.15, 0.2) is 54.4 Å². The van der Waals surface area contributed by atoms with Gasteiger partial charge < -0.3 is 26.2 Å². The first-order chi connectivity index (χ1) is 20.0. The number of nitrogens with zero attached hydrogens (tertiary/aromatic N) is 2. The largest absolute Gasteiger partial charge is 1.00 e. The van der Waals surface area contributed by atoms with E-state index in [2.05, 4.69) is 73.9 Å². The van der Waals surface area contributed by atoms with Crippen LogP contribution in [0, 0.1) is 5.41 Å². The van der Waals surface area contributed by atoms with Gasteiger partial charge in [0.15, 0.2) is 18.5 Å². The van der Waals surface area contributed by atoms with Crippen molar-refractivity contribution >= 4 is 54.8 Å². The minimum absolute atomic E-state index is 0. The number of amides is 1. The van der Waals surface area contributed by atoms with Gasteiger partial charge in [0.2, 0.25) is 0 Å². The minimum Gasteiger partial charge on any atom is -0.683 e. The molecule has 1 aliphatic heterocycles. The number of nitrogens with two attached hydrogens (primary N) is 1. The van der Waals surface area contributed by atoms with Gasteiger partial charge in [-0.25, -0.2) is 4.58 Å². The number of carbonyl (C=O) groups is 1. The summed E-state index contributed by atoms with van der Waals surface area (Å²) in [6.07, 6.45) is 6.98. The van der Waals surface area contributed by atoms with E-state index in [1.54, 1.807) is 21.6 Å². The molecule has 0 radical (unpaired) electrons. The predicted molar refractivity (Wildman–Crippen MR) is 187 cm³/mol. The smallest absolute Gasteiger partial charge is 0.683 e. The molecule has 1 aromatic rings. The monoisotopic (exact) mass is 722 g/mol. The van der Waals surface area contributed by atoms with Crippen molar-refractivity contribution in [1.82, 2.24) is 5.32 Å². The molecule has 2 rings (SSSR count). The van der Waals surface area contributed by atoms with E-state index in [0.29, 0.717) is 31.7 Å². The number of aliphatic hydroxyl groups excluding tert-OH is 2. The van der Waals surface area contributed by atoms with Crippen LogP contribution in [0.4, 0.5) is 5.69 Å². The van der Waals surface area contributed by atoms with Crippen molar-refractivity contribution in [3.8, 4) is 0 Å². The van der Waals surface area contributed by atoms with Crippen LogP contribution < -0.4 is 62.0 Å². The summed E-state index contributed by atoms with van der Waals surface area (Å²) in [6, 6.07) is 5.86. The van der Waals surface area contributed by atoms with E-state index in [9.17, 15) is 15.0 Å². The Kier molecular flexibility index (Phi) is 22.6. The molecule has 0 saturated heterocycles. The summed E-state index contributed by atoms with van der Waals surface area (Å²) in [4.78, 5) is 12.8. The number of hydrogen-bond acceptors (Lipinski definition) is 5. The van der Waals surface area contributed by atoms with Crippen LogP contribution in [0.3, 0.4) is 0 Å². The third-order valence-electron chi connectivity index (χ3n) is 7.67. The van der Waals surface area contributed by atoms with Crippen LogP contribution in [-0.2, 0) is 5.41 Å². The average Bonchev–Trinajstić information content (AvgIpc) is 2.98. The van der Waals surface area contributed by atoms with Crippen molar-refractivity contribution < 1.29 is 76.3 Å². The summed E-state index contributed by atoms with van der Waals surface area (Å²) in [5.74, 6) is 3.43. The standard InChI is InChI=1S/C31H48N4O3S2.CH3Br.K/c1-8-30(4,5)27-22-25(9-10-28(27)33-12-17-36)29(38)34-14-20-40-39-19-13-32-26-11-15-35(16-18-37)24(3)31(6,7)23(2)21-26;1-2;/h9-11,15,21-22,36-37H,2,8,12-14,16-20H2,1,3-7H3,(H2,33,34,38);1H3;/q;;+1/p+1/b15-11-,26-21+,35-24?;;. The molecular formula is C32H52BrKN4O3S2+2. The second kappa shape index (κ2) is 22.6. The average molecular weight is 724 g/mol. The molecule has 0 aromatic heterocycles. The van der Waals surface area contributed by atoms with E-state index in [-0.39, 0.29) is 81.3 Å². The molecule has 1 aliphatic rings. The Morgan fingerprint density at radius 2 is 1.86 bits per heavy atom. The summed E-state index contributed by atoms with van der Waals surface area (Å²) >= 11 is 2.94. The zero-order valence-electron chi connectivity index (χ0n) is 27.5. The molecule has 0 atom stereocenters. The number of allylic oxidation sites excluding steroid dienone is 3. The van der Waals surface area contributed by atoms with Gasteiger partial charge in [0.05, 0.1) is 12.0 Å². The Morgan fingerprint density at radius 3 is 2.49 bits per heavy atom.